The Labute approximate surface area is 182 Å². The fourth-order valence-electron chi connectivity index (χ4n) is 4.41. The van der Waals surface area contributed by atoms with Crippen molar-refractivity contribution in [3.05, 3.63) is 90.3 Å². The predicted octanol–water partition coefficient (Wildman–Crippen LogP) is 3.63. The fraction of sp³-hybridized carbons (Fsp3) is 0.269. The van der Waals surface area contributed by atoms with E-state index in [0.717, 1.165) is 22.3 Å². The summed E-state index contributed by atoms with van der Waals surface area (Å²) >= 11 is 0. The number of hydrogen-bond donors (Lipinski definition) is 1. The van der Waals surface area contributed by atoms with Crippen molar-refractivity contribution < 1.29 is 9.59 Å². The van der Waals surface area contributed by atoms with E-state index in [2.05, 4.69) is 4.98 Å². The molecule has 1 saturated heterocycles. The summed E-state index contributed by atoms with van der Waals surface area (Å²) in [6.07, 6.45) is 5.79. The van der Waals surface area contributed by atoms with Crippen LogP contribution in [0.5, 0.6) is 0 Å². The molecule has 2 heterocycles. The molecule has 5 heteroatoms. The van der Waals surface area contributed by atoms with Gasteiger partial charge in [-0.1, -0.05) is 60.7 Å². The minimum absolute atomic E-state index is 0.0764. The summed E-state index contributed by atoms with van der Waals surface area (Å²) in [5, 5.41) is 0. The average Bonchev–Trinajstić information content (AvgIpc) is 3.25. The number of benzene rings is 2. The number of carbonyl (C=O) groups is 2. The molecule has 158 valence electrons. The first-order chi connectivity index (χ1) is 15.1. The first-order valence-electron chi connectivity index (χ1n) is 10.7. The third-order valence-electron chi connectivity index (χ3n) is 6.22. The molecule has 0 spiro atoms. The van der Waals surface area contributed by atoms with Crippen LogP contribution in [-0.2, 0) is 22.4 Å². The molecule has 2 aromatic carbocycles. The van der Waals surface area contributed by atoms with Crippen LogP contribution >= 0.6 is 0 Å². The number of pyridine rings is 1. The molecule has 4 rings (SSSR count). The molecule has 3 aromatic rings. The lowest BCUT2D eigenvalue weighted by Gasteiger charge is -2.27. The number of amides is 2. The van der Waals surface area contributed by atoms with E-state index in [1.807, 2.05) is 72.9 Å². The molecule has 2 N–H and O–H groups in total. The lowest BCUT2D eigenvalue weighted by Crippen LogP contribution is -2.42. The smallest absolute Gasteiger partial charge is 0.225 e. The summed E-state index contributed by atoms with van der Waals surface area (Å²) in [4.78, 5) is 31.5. The van der Waals surface area contributed by atoms with Gasteiger partial charge in [-0.25, -0.2) is 0 Å². The van der Waals surface area contributed by atoms with Gasteiger partial charge in [0.15, 0.2) is 0 Å². The van der Waals surface area contributed by atoms with E-state index >= 15 is 0 Å². The number of aryl methyl sites for hydroxylation is 1. The Balaban J connectivity index is 1.50. The first kappa shape index (κ1) is 20.8. The van der Waals surface area contributed by atoms with Crippen molar-refractivity contribution in [3.63, 3.8) is 0 Å². The largest absolute Gasteiger partial charge is 0.369 e. The zero-order valence-electron chi connectivity index (χ0n) is 17.5. The molecule has 5 nitrogen and oxygen atoms in total. The predicted molar refractivity (Wildman–Crippen MR) is 121 cm³/mol. The monoisotopic (exact) mass is 413 g/mol. The Bertz CT molecular complexity index is 1050. The standard InChI is InChI=1S/C26H27N3O2/c27-25(31)26(17-21-9-4-5-11-23(21)22-10-6-15-28-18-22)14-16-29(19-26)24(30)13-12-20-7-2-1-3-8-20/h1-11,15,18H,12-14,16-17,19H2,(H2,27,31). The van der Waals surface area contributed by atoms with Crippen molar-refractivity contribution in [1.82, 2.24) is 9.88 Å². The van der Waals surface area contributed by atoms with E-state index in [1.165, 1.54) is 0 Å². The van der Waals surface area contributed by atoms with E-state index in [1.54, 1.807) is 11.1 Å². The van der Waals surface area contributed by atoms with Crippen LogP contribution in [0.1, 0.15) is 24.0 Å². The zero-order chi connectivity index (χ0) is 21.7. The van der Waals surface area contributed by atoms with Crippen LogP contribution in [-0.4, -0.2) is 34.8 Å². The highest BCUT2D eigenvalue weighted by molar-refractivity contribution is 5.85. The lowest BCUT2D eigenvalue weighted by atomic mass is 9.78. The normalized spacial score (nSPS) is 18.1. The van der Waals surface area contributed by atoms with Gasteiger partial charge in [-0.2, -0.15) is 0 Å². The Hall–Kier alpha value is -3.47. The van der Waals surface area contributed by atoms with Crippen molar-refractivity contribution in [1.29, 1.82) is 0 Å². The van der Waals surface area contributed by atoms with Crippen molar-refractivity contribution >= 4 is 11.8 Å². The Morgan fingerprint density at radius 1 is 1.00 bits per heavy atom. The van der Waals surface area contributed by atoms with Gasteiger partial charge in [0.05, 0.1) is 5.41 Å². The number of primary amides is 1. The molecule has 1 aromatic heterocycles. The van der Waals surface area contributed by atoms with E-state index in [0.29, 0.717) is 38.8 Å². The minimum atomic E-state index is -0.749. The van der Waals surface area contributed by atoms with Gasteiger partial charge in [0.1, 0.15) is 0 Å². The maximum absolute atomic E-state index is 12.8. The van der Waals surface area contributed by atoms with E-state index in [9.17, 15) is 9.59 Å². The summed E-state index contributed by atoms with van der Waals surface area (Å²) in [5.74, 6) is -0.264. The van der Waals surface area contributed by atoms with E-state index in [4.69, 9.17) is 5.73 Å². The second-order valence-corrected chi connectivity index (χ2v) is 8.27. The number of aromatic nitrogens is 1. The Morgan fingerprint density at radius 2 is 1.77 bits per heavy atom. The van der Waals surface area contributed by atoms with Crippen LogP contribution < -0.4 is 5.73 Å². The minimum Gasteiger partial charge on any atom is -0.369 e. The number of likely N-dealkylation sites (tertiary alicyclic amines) is 1. The van der Waals surface area contributed by atoms with Crippen molar-refractivity contribution in [2.24, 2.45) is 11.1 Å². The average molecular weight is 414 g/mol. The molecule has 0 radical (unpaired) electrons. The highest BCUT2D eigenvalue weighted by Crippen LogP contribution is 2.37. The molecule has 1 aliphatic rings. The van der Waals surface area contributed by atoms with Crippen molar-refractivity contribution in [3.8, 4) is 11.1 Å². The highest BCUT2D eigenvalue weighted by Gasteiger charge is 2.44. The summed E-state index contributed by atoms with van der Waals surface area (Å²) in [6, 6.07) is 21.9. The third kappa shape index (κ3) is 4.66. The summed E-state index contributed by atoms with van der Waals surface area (Å²) in [7, 11) is 0. The maximum Gasteiger partial charge on any atom is 0.225 e. The van der Waals surface area contributed by atoms with Gasteiger partial charge in [-0.15, -0.1) is 0 Å². The summed E-state index contributed by atoms with van der Waals surface area (Å²) < 4.78 is 0. The number of nitrogens with zero attached hydrogens (tertiary/aromatic N) is 2. The quantitative estimate of drug-likeness (QED) is 0.643. The zero-order valence-corrected chi connectivity index (χ0v) is 17.5. The summed E-state index contributed by atoms with van der Waals surface area (Å²) in [6.45, 7) is 0.933. The molecule has 1 atom stereocenters. The molecule has 0 bridgehead atoms. The van der Waals surface area contributed by atoms with Gasteiger partial charge < -0.3 is 10.6 Å². The lowest BCUT2D eigenvalue weighted by molar-refractivity contribution is -0.132. The molecule has 0 aliphatic carbocycles. The van der Waals surface area contributed by atoms with Crippen LogP contribution in [0.3, 0.4) is 0 Å². The van der Waals surface area contributed by atoms with Gasteiger partial charge in [-0.05, 0) is 42.0 Å². The molecule has 1 aliphatic heterocycles. The van der Waals surface area contributed by atoms with Gasteiger partial charge in [0, 0.05) is 37.5 Å². The number of carbonyl (C=O) groups excluding carboxylic acids is 2. The molecule has 31 heavy (non-hydrogen) atoms. The van der Waals surface area contributed by atoms with Crippen molar-refractivity contribution in [2.75, 3.05) is 13.1 Å². The van der Waals surface area contributed by atoms with Crippen LogP contribution in [0.25, 0.3) is 11.1 Å². The van der Waals surface area contributed by atoms with Crippen molar-refractivity contribution in [2.45, 2.75) is 25.7 Å². The second kappa shape index (κ2) is 9.13. The van der Waals surface area contributed by atoms with E-state index < -0.39 is 5.41 Å². The summed E-state index contributed by atoms with van der Waals surface area (Å²) in [5.41, 5.74) is 9.40. The maximum atomic E-state index is 12.8. The number of hydrogen-bond acceptors (Lipinski definition) is 3. The fourth-order valence-corrected chi connectivity index (χ4v) is 4.41. The molecule has 0 saturated carbocycles. The molecule has 1 unspecified atom stereocenters. The SMILES string of the molecule is NC(=O)C1(Cc2ccccc2-c2cccnc2)CCN(C(=O)CCc2ccccc2)C1. The third-order valence-corrected chi connectivity index (χ3v) is 6.22. The number of nitrogens with two attached hydrogens (primary N) is 1. The molecular formula is C26H27N3O2. The van der Waals surface area contributed by atoms with E-state index in [-0.39, 0.29) is 11.8 Å². The number of rotatable bonds is 7. The molecular weight excluding hydrogens is 386 g/mol. The van der Waals surface area contributed by atoms with Crippen LogP contribution in [0.4, 0.5) is 0 Å². The van der Waals surface area contributed by atoms with Crippen LogP contribution in [0, 0.1) is 5.41 Å². The van der Waals surface area contributed by atoms with Gasteiger partial charge in [-0.3, -0.25) is 14.6 Å². The first-order valence-corrected chi connectivity index (χ1v) is 10.7. The van der Waals surface area contributed by atoms with Gasteiger partial charge in [0.2, 0.25) is 11.8 Å². The second-order valence-electron chi connectivity index (χ2n) is 8.27. The van der Waals surface area contributed by atoms with Crippen LogP contribution in [0.15, 0.2) is 79.1 Å². The highest BCUT2D eigenvalue weighted by atomic mass is 16.2. The Kier molecular flexibility index (Phi) is 6.12. The van der Waals surface area contributed by atoms with Crippen LogP contribution in [0.2, 0.25) is 0 Å². The Morgan fingerprint density at radius 3 is 2.52 bits per heavy atom. The topological polar surface area (TPSA) is 76.3 Å². The van der Waals surface area contributed by atoms with Gasteiger partial charge >= 0.3 is 0 Å². The molecule has 1 fully saturated rings. The van der Waals surface area contributed by atoms with Gasteiger partial charge in [0.25, 0.3) is 0 Å². The molecule has 2 amide bonds.